The van der Waals surface area contributed by atoms with E-state index >= 15 is 0 Å². The van der Waals surface area contributed by atoms with Gasteiger partial charge in [-0.25, -0.2) is 4.79 Å². The second kappa shape index (κ2) is 4.23. The Hall–Kier alpha value is -1.03. The van der Waals surface area contributed by atoms with Gasteiger partial charge in [0.05, 0.1) is 0 Å². The van der Waals surface area contributed by atoms with Gasteiger partial charge in [0.1, 0.15) is 6.61 Å². The number of likely N-dealkylation sites (N-methyl/N-ethyl adjacent to an activating group) is 1. The van der Waals surface area contributed by atoms with Gasteiger partial charge < -0.3 is 9.64 Å². The number of amides is 1. The Morgan fingerprint density at radius 3 is 3.00 bits per heavy atom. The number of rotatable bonds is 1. The minimum atomic E-state index is -0.235. The van der Waals surface area contributed by atoms with Gasteiger partial charge in [-0.15, -0.1) is 0 Å². The van der Waals surface area contributed by atoms with Crippen molar-refractivity contribution in [2.75, 3.05) is 20.2 Å². The summed E-state index contributed by atoms with van der Waals surface area (Å²) in [6, 6.07) is 8.11. The third-order valence-electron chi connectivity index (χ3n) is 2.53. The van der Waals surface area contributed by atoms with Crippen LogP contribution in [0.4, 0.5) is 4.79 Å². The van der Waals surface area contributed by atoms with E-state index in [9.17, 15) is 4.79 Å². The number of ether oxygens (including phenoxy) is 1. The molecule has 15 heavy (non-hydrogen) atoms. The summed E-state index contributed by atoms with van der Waals surface area (Å²) < 4.78 is 6.12. The van der Waals surface area contributed by atoms with Crippen molar-refractivity contribution in [2.45, 2.75) is 5.92 Å². The highest BCUT2D eigenvalue weighted by molar-refractivity contribution is 9.10. The molecule has 2 rings (SSSR count). The minimum absolute atomic E-state index is 0.235. The first-order valence-electron chi connectivity index (χ1n) is 4.80. The fourth-order valence-corrected chi connectivity index (χ4v) is 2.12. The molecule has 1 unspecified atom stereocenters. The number of cyclic esters (lactones) is 1. The van der Waals surface area contributed by atoms with Crippen molar-refractivity contribution in [1.29, 1.82) is 0 Å². The predicted octanol–water partition coefficient (Wildman–Crippen LogP) is 2.61. The van der Waals surface area contributed by atoms with Gasteiger partial charge in [-0.1, -0.05) is 28.1 Å². The maximum Gasteiger partial charge on any atom is 0.409 e. The van der Waals surface area contributed by atoms with E-state index in [-0.39, 0.29) is 12.0 Å². The molecule has 1 atom stereocenters. The number of carbonyl (C=O) groups is 1. The first-order valence-corrected chi connectivity index (χ1v) is 5.59. The standard InChI is InChI=1S/C11H12BrNO2/c1-13-6-9(7-15-11(13)14)8-3-2-4-10(12)5-8/h2-5,9H,6-7H2,1H3. The van der Waals surface area contributed by atoms with E-state index in [2.05, 4.69) is 28.1 Å². The van der Waals surface area contributed by atoms with Crippen molar-refractivity contribution >= 4 is 22.0 Å². The second-order valence-electron chi connectivity index (χ2n) is 3.71. The number of benzene rings is 1. The molecule has 1 heterocycles. The smallest absolute Gasteiger partial charge is 0.409 e. The Kier molecular flexibility index (Phi) is 2.95. The minimum Gasteiger partial charge on any atom is -0.449 e. The molecule has 1 aromatic rings. The molecule has 1 aromatic carbocycles. The zero-order valence-electron chi connectivity index (χ0n) is 8.44. The first-order chi connectivity index (χ1) is 7.16. The lowest BCUT2D eigenvalue weighted by Crippen LogP contribution is -2.39. The summed E-state index contributed by atoms with van der Waals surface area (Å²) in [5.41, 5.74) is 1.20. The summed E-state index contributed by atoms with van der Waals surface area (Å²) in [5, 5.41) is 0. The van der Waals surface area contributed by atoms with Crippen molar-refractivity contribution in [1.82, 2.24) is 4.90 Å². The third-order valence-corrected chi connectivity index (χ3v) is 3.03. The lowest BCUT2D eigenvalue weighted by Gasteiger charge is -2.29. The molecule has 0 saturated carbocycles. The van der Waals surface area contributed by atoms with Gasteiger partial charge in [0, 0.05) is 24.0 Å². The van der Waals surface area contributed by atoms with E-state index in [1.54, 1.807) is 11.9 Å². The summed E-state index contributed by atoms with van der Waals surface area (Å²) >= 11 is 3.43. The molecule has 0 N–H and O–H groups in total. The third kappa shape index (κ3) is 2.31. The summed E-state index contributed by atoms with van der Waals surface area (Å²) in [4.78, 5) is 12.7. The van der Waals surface area contributed by atoms with Gasteiger partial charge in [-0.3, -0.25) is 0 Å². The molecular weight excluding hydrogens is 258 g/mol. The zero-order chi connectivity index (χ0) is 10.8. The molecule has 1 aliphatic heterocycles. The molecule has 1 aliphatic rings. The van der Waals surface area contributed by atoms with E-state index in [1.807, 2.05) is 12.1 Å². The lowest BCUT2D eigenvalue weighted by molar-refractivity contribution is 0.0718. The SMILES string of the molecule is CN1CC(c2cccc(Br)c2)COC1=O. The molecule has 0 aliphatic carbocycles. The quantitative estimate of drug-likeness (QED) is 0.785. The van der Waals surface area contributed by atoms with Crippen LogP contribution in [0.25, 0.3) is 0 Å². The molecular formula is C11H12BrNO2. The van der Waals surface area contributed by atoms with Crippen LogP contribution in [0.15, 0.2) is 28.7 Å². The number of nitrogens with zero attached hydrogens (tertiary/aromatic N) is 1. The molecule has 0 spiro atoms. The fourth-order valence-electron chi connectivity index (χ4n) is 1.70. The summed E-state index contributed by atoms with van der Waals surface area (Å²) in [5.74, 6) is 0.269. The van der Waals surface area contributed by atoms with Crippen molar-refractivity contribution in [2.24, 2.45) is 0 Å². The van der Waals surface area contributed by atoms with E-state index in [1.165, 1.54) is 5.56 Å². The van der Waals surface area contributed by atoms with Crippen LogP contribution in [0.2, 0.25) is 0 Å². The molecule has 1 fully saturated rings. The van der Waals surface area contributed by atoms with Crippen LogP contribution in [0, 0.1) is 0 Å². The van der Waals surface area contributed by atoms with Crippen molar-refractivity contribution < 1.29 is 9.53 Å². The molecule has 1 saturated heterocycles. The van der Waals surface area contributed by atoms with Crippen LogP contribution >= 0.6 is 15.9 Å². The van der Waals surface area contributed by atoms with E-state index in [4.69, 9.17) is 4.74 Å². The Bertz CT molecular complexity index is 381. The number of carbonyl (C=O) groups excluding carboxylic acids is 1. The Balaban J connectivity index is 2.15. The maximum atomic E-state index is 11.1. The largest absolute Gasteiger partial charge is 0.449 e. The molecule has 80 valence electrons. The fraction of sp³-hybridized carbons (Fsp3) is 0.364. The topological polar surface area (TPSA) is 29.5 Å². The molecule has 4 heteroatoms. The highest BCUT2D eigenvalue weighted by Gasteiger charge is 2.25. The highest BCUT2D eigenvalue weighted by atomic mass is 79.9. The van der Waals surface area contributed by atoms with Gasteiger partial charge in [0.15, 0.2) is 0 Å². The van der Waals surface area contributed by atoms with Crippen LogP contribution in [0.1, 0.15) is 11.5 Å². The number of halogens is 1. The molecule has 0 aromatic heterocycles. The van der Waals surface area contributed by atoms with E-state index in [0.717, 1.165) is 11.0 Å². The zero-order valence-corrected chi connectivity index (χ0v) is 10.0. The summed E-state index contributed by atoms with van der Waals surface area (Å²) in [6.07, 6.45) is -0.235. The van der Waals surface area contributed by atoms with Gasteiger partial charge >= 0.3 is 6.09 Å². The molecule has 0 bridgehead atoms. The van der Waals surface area contributed by atoms with Gasteiger partial charge in [0.25, 0.3) is 0 Å². The predicted molar refractivity (Wildman–Crippen MR) is 60.9 cm³/mol. The Morgan fingerprint density at radius 2 is 2.33 bits per heavy atom. The maximum absolute atomic E-state index is 11.1. The van der Waals surface area contributed by atoms with Crippen LogP contribution < -0.4 is 0 Å². The summed E-state index contributed by atoms with van der Waals surface area (Å²) in [7, 11) is 1.76. The Morgan fingerprint density at radius 1 is 1.53 bits per heavy atom. The number of hydrogen-bond donors (Lipinski definition) is 0. The highest BCUT2D eigenvalue weighted by Crippen LogP contribution is 2.24. The van der Waals surface area contributed by atoms with Gasteiger partial charge in [-0.05, 0) is 17.7 Å². The second-order valence-corrected chi connectivity index (χ2v) is 4.63. The first kappa shape index (κ1) is 10.5. The van der Waals surface area contributed by atoms with E-state index < -0.39 is 0 Å². The lowest BCUT2D eigenvalue weighted by atomic mass is 9.99. The summed E-state index contributed by atoms with van der Waals surface area (Å²) in [6.45, 7) is 1.19. The normalized spacial score (nSPS) is 21.3. The van der Waals surface area contributed by atoms with Crippen LogP contribution in [0.3, 0.4) is 0 Å². The average molecular weight is 270 g/mol. The van der Waals surface area contributed by atoms with Crippen LogP contribution in [0.5, 0.6) is 0 Å². The molecule has 0 radical (unpaired) electrons. The Labute approximate surface area is 97.2 Å². The number of hydrogen-bond acceptors (Lipinski definition) is 2. The average Bonchev–Trinajstić information content (AvgIpc) is 2.22. The van der Waals surface area contributed by atoms with Crippen molar-refractivity contribution in [3.63, 3.8) is 0 Å². The monoisotopic (exact) mass is 269 g/mol. The van der Waals surface area contributed by atoms with Crippen LogP contribution in [-0.2, 0) is 4.74 Å². The molecule has 3 nitrogen and oxygen atoms in total. The molecule has 1 amide bonds. The van der Waals surface area contributed by atoms with E-state index in [0.29, 0.717) is 6.61 Å². The van der Waals surface area contributed by atoms with Gasteiger partial charge in [0.2, 0.25) is 0 Å². The van der Waals surface area contributed by atoms with Crippen LogP contribution in [-0.4, -0.2) is 31.2 Å². The van der Waals surface area contributed by atoms with Crippen molar-refractivity contribution in [3.05, 3.63) is 34.3 Å². The van der Waals surface area contributed by atoms with Crippen molar-refractivity contribution in [3.8, 4) is 0 Å². The van der Waals surface area contributed by atoms with Gasteiger partial charge in [-0.2, -0.15) is 0 Å².